The quantitative estimate of drug-likeness (QED) is 0.611. The Bertz CT molecular complexity index is 801. The van der Waals surface area contributed by atoms with E-state index in [9.17, 15) is 19.8 Å². The highest BCUT2D eigenvalue weighted by molar-refractivity contribution is 5.97. The zero-order chi connectivity index (χ0) is 20.3. The van der Waals surface area contributed by atoms with Gasteiger partial charge in [0.2, 0.25) is 5.91 Å². The summed E-state index contributed by atoms with van der Waals surface area (Å²) in [5.41, 5.74) is 1.23. The third kappa shape index (κ3) is 4.88. The molecule has 1 aliphatic heterocycles. The van der Waals surface area contributed by atoms with Gasteiger partial charge in [0.25, 0.3) is 5.91 Å². The van der Waals surface area contributed by atoms with E-state index in [0.29, 0.717) is 31.5 Å². The summed E-state index contributed by atoms with van der Waals surface area (Å²) in [5, 5.41) is 24.0. The van der Waals surface area contributed by atoms with E-state index in [1.54, 1.807) is 23.4 Å². The van der Waals surface area contributed by atoms with Crippen LogP contribution in [0.4, 0.5) is 0 Å². The number of pyridine rings is 1. The van der Waals surface area contributed by atoms with Crippen LogP contribution in [0, 0.1) is 5.92 Å². The van der Waals surface area contributed by atoms with Crippen molar-refractivity contribution in [1.29, 1.82) is 0 Å². The standard InChI is InChI=1S/C20H28N4O4/c1-12(2)7-18(26)19(27)22-14-4-6-24(11-15(25)9-14)20(28)16-8-13-3-5-21-10-17(13)23-16/h3,5,8,10,12,14-15,18,23,25-26H,4,6-7,9,11H2,1-2H3,(H,22,27)/t14-,15-,18?/m1/s1. The second-order valence-corrected chi connectivity index (χ2v) is 7.93. The van der Waals surface area contributed by atoms with Crippen molar-refractivity contribution in [3.8, 4) is 0 Å². The fourth-order valence-electron chi connectivity index (χ4n) is 3.60. The van der Waals surface area contributed by atoms with Gasteiger partial charge in [-0.15, -0.1) is 0 Å². The SMILES string of the molecule is CC(C)CC(O)C(=O)N[C@@H]1CCN(C(=O)c2cc3ccncc3[nH]2)C[C@H](O)C1. The zero-order valence-electron chi connectivity index (χ0n) is 16.3. The summed E-state index contributed by atoms with van der Waals surface area (Å²) >= 11 is 0. The number of β-amino-alcohol motifs (C(OH)–C–C–N with tert-alkyl or cyclic N) is 1. The van der Waals surface area contributed by atoms with Gasteiger partial charge in [-0.05, 0) is 37.3 Å². The average molecular weight is 388 g/mol. The van der Waals surface area contributed by atoms with Crippen molar-refractivity contribution in [2.75, 3.05) is 13.1 Å². The maximum atomic E-state index is 12.9. The minimum Gasteiger partial charge on any atom is -0.391 e. The van der Waals surface area contributed by atoms with Crippen LogP contribution in [0.5, 0.6) is 0 Å². The molecule has 0 aliphatic carbocycles. The first-order chi connectivity index (χ1) is 13.3. The van der Waals surface area contributed by atoms with Crippen LogP contribution in [0.15, 0.2) is 24.5 Å². The molecule has 1 saturated heterocycles. The van der Waals surface area contributed by atoms with E-state index in [1.807, 2.05) is 19.9 Å². The van der Waals surface area contributed by atoms with Crippen molar-refractivity contribution in [3.05, 3.63) is 30.2 Å². The number of carbonyl (C=O) groups is 2. The summed E-state index contributed by atoms with van der Waals surface area (Å²) in [6, 6.07) is 3.32. The van der Waals surface area contributed by atoms with E-state index in [0.717, 1.165) is 10.9 Å². The Hall–Kier alpha value is -2.45. The van der Waals surface area contributed by atoms with Gasteiger partial charge >= 0.3 is 0 Å². The number of likely N-dealkylation sites (tertiary alicyclic amines) is 1. The molecular weight excluding hydrogens is 360 g/mol. The molecule has 0 radical (unpaired) electrons. The smallest absolute Gasteiger partial charge is 0.270 e. The van der Waals surface area contributed by atoms with Crippen molar-refractivity contribution in [3.63, 3.8) is 0 Å². The predicted molar refractivity (Wildman–Crippen MR) is 105 cm³/mol. The average Bonchev–Trinajstić information content (AvgIpc) is 2.98. The van der Waals surface area contributed by atoms with Crippen LogP contribution in [0.25, 0.3) is 10.9 Å². The summed E-state index contributed by atoms with van der Waals surface area (Å²) in [5.74, 6) is -0.407. The van der Waals surface area contributed by atoms with Crippen LogP contribution in [0.3, 0.4) is 0 Å². The molecular formula is C20H28N4O4. The molecule has 2 amide bonds. The number of H-pyrrole nitrogens is 1. The first-order valence-corrected chi connectivity index (χ1v) is 9.72. The topological polar surface area (TPSA) is 119 Å². The van der Waals surface area contributed by atoms with Crippen molar-refractivity contribution in [2.45, 2.75) is 51.4 Å². The lowest BCUT2D eigenvalue weighted by Gasteiger charge is -2.21. The summed E-state index contributed by atoms with van der Waals surface area (Å²) < 4.78 is 0. The number of carbonyl (C=O) groups excluding carboxylic acids is 2. The summed E-state index contributed by atoms with van der Waals surface area (Å²) in [6.45, 7) is 4.49. The number of hydrogen-bond donors (Lipinski definition) is 4. The third-order valence-corrected chi connectivity index (χ3v) is 5.02. The number of aliphatic hydroxyl groups excluding tert-OH is 2. The highest BCUT2D eigenvalue weighted by Gasteiger charge is 2.29. The third-order valence-electron chi connectivity index (χ3n) is 5.02. The van der Waals surface area contributed by atoms with Gasteiger partial charge in [-0.3, -0.25) is 14.6 Å². The summed E-state index contributed by atoms with van der Waals surface area (Å²) in [4.78, 5) is 33.7. The first-order valence-electron chi connectivity index (χ1n) is 9.72. The molecule has 3 rings (SSSR count). The van der Waals surface area contributed by atoms with Gasteiger partial charge in [0.1, 0.15) is 11.8 Å². The Morgan fingerprint density at radius 3 is 2.93 bits per heavy atom. The Morgan fingerprint density at radius 2 is 2.21 bits per heavy atom. The Balaban J connectivity index is 1.63. The van der Waals surface area contributed by atoms with Crippen LogP contribution < -0.4 is 5.32 Å². The van der Waals surface area contributed by atoms with E-state index < -0.39 is 18.1 Å². The summed E-state index contributed by atoms with van der Waals surface area (Å²) in [7, 11) is 0. The predicted octanol–water partition coefficient (Wildman–Crippen LogP) is 1.05. The molecule has 3 atom stereocenters. The van der Waals surface area contributed by atoms with Gasteiger partial charge in [0.15, 0.2) is 0 Å². The number of hydrogen-bond acceptors (Lipinski definition) is 5. The van der Waals surface area contributed by atoms with Crippen molar-refractivity contribution < 1.29 is 19.8 Å². The first kappa shape index (κ1) is 20.3. The Morgan fingerprint density at radius 1 is 1.43 bits per heavy atom. The van der Waals surface area contributed by atoms with Crippen LogP contribution >= 0.6 is 0 Å². The van der Waals surface area contributed by atoms with E-state index in [-0.39, 0.29) is 24.4 Å². The highest BCUT2D eigenvalue weighted by atomic mass is 16.3. The van der Waals surface area contributed by atoms with Gasteiger partial charge in [0, 0.05) is 30.7 Å². The summed E-state index contributed by atoms with van der Waals surface area (Å²) in [6.07, 6.45) is 2.79. The number of nitrogens with one attached hydrogen (secondary N) is 2. The fourth-order valence-corrected chi connectivity index (χ4v) is 3.60. The molecule has 0 aromatic carbocycles. The highest BCUT2D eigenvalue weighted by Crippen LogP contribution is 2.18. The number of aliphatic hydroxyl groups is 2. The van der Waals surface area contributed by atoms with E-state index in [2.05, 4.69) is 15.3 Å². The Labute approximate surface area is 164 Å². The molecule has 4 N–H and O–H groups in total. The van der Waals surface area contributed by atoms with Gasteiger partial charge in [-0.1, -0.05) is 13.8 Å². The molecule has 2 aromatic rings. The normalized spacial score (nSPS) is 21.5. The maximum absolute atomic E-state index is 12.9. The lowest BCUT2D eigenvalue weighted by atomic mass is 10.0. The second kappa shape index (κ2) is 8.70. The molecule has 1 unspecified atom stereocenters. The van der Waals surface area contributed by atoms with Gasteiger partial charge in [0.05, 0.1) is 17.8 Å². The van der Waals surface area contributed by atoms with Gasteiger partial charge in [-0.25, -0.2) is 0 Å². The zero-order valence-corrected chi connectivity index (χ0v) is 16.3. The number of aromatic amines is 1. The largest absolute Gasteiger partial charge is 0.391 e. The van der Waals surface area contributed by atoms with Crippen molar-refractivity contribution >= 4 is 22.7 Å². The second-order valence-electron chi connectivity index (χ2n) is 7.93. The lowest BCUT2D eigenvalue weighted by molar-refractivity contribution is -0.131. The number of aromatic nitrogens is 2. The molecule has 8 heteroatoms. The molecule has 0 spiro atoms. The molecule has 8 nitrogen and oxygen atoms in total. The van der Waals surface area contributed by atoms with E-state index in [1.165, 1.54) is 0 Å². The molecule has 0 bridgehead atoms. The molecule has 28 heavy (non-hydrogen) atoms. The molecule has 1 fully saturated rings. The molecule has 2 aromatic heterocycles. The van der Waals surface area contributed by atoms with Crippen molar-refractivity contribution in [2.24, 2.45) is 5.92 Å². The van der Waals surface area contributed by atoms with Gasteiger partial charge < -0.3 is 25.4 Å². The molecule has 152 valence electrons. The van der Waals surface area contributed by atoms with Gasteiger partial charge in [-0.2, -0.15) is 0 Å². The molecule has 1 aliphatic rings. The molecule has 3 heterocycles. The van der Waals surface area contributed by atoms with Crippen LogP contribution in [0.1, 0.15) is 43.6 Å². The monoisotopic (exact) mass is 388 g/mol. The number of rotatable bonds is 5. The Kier molecular flexibility index (Phi) is 6.31. The number of fused-ring (bicyclic) bond motifs is 1. The molecule has 0 saturated carbocycles. The van der Waals surface area contributed by atoms with E-state index in [4.69, 9.17) is 0 Å². The van der Waals surface area contributed by atoms with Crippen molar-refractivity contribution in [1.82, 2.24) is 20.2 Å². The fraction of sp³-hybridized carbons (Fsp3) is 0.550. The minimum absolute atomic E-state index is 0.193. The van der Waals surface area contributed by atoms with E-state index >= 15 is 0 Å². The maximum Gasteiger partial charge on any atom is 0.270 e. The lowest BCUT2D eigenvalue weighted by Crippen LogP contribution is -2.43. The number of nitrogens with zero attached hydrogens (tertiary/aromatic N) is 2. The van der Waals surface area contributed by atoms with Crippen LogP contribution in [0.2, 0.25) is 0 Å². The van der Waals surface area contributed by atoms with Crippen LogP contribution in [-0.4, -0.2) is 68.2 Å². The van der Waals surface area contributed by atoms with Crippen LogP contribution in [-0.2, 0) is 4.79 Å². The number of amides is 2. The minimum atomic E-state index is -1.06.